The molecule has 0 spiro atoms. The van der Waals surface area contributed by atoms with Crippen molar-refractivity contribution in [2.75, 3.05) is 6.61 Å². The number of amides is 2. The summed E-state index contributed by atoms with van der Waals surface area (Å²) in [4.78, 5) is 23.8. The van der Waals surface area contributed by atoms with Crippen molar-refractivity contribution in [2.45, 2.75) is 12.5 Å². The first-order valence-corrected chi connectivity index (χ1v) is 7.62. The first-order valence-electron chi connectivity index (χ1n) is 7.62. The molecule has 0 aliphatic carbocycles. The minimum absolute atomic E-state index is 0.307. The van der Waals surface area contributed by atoms with Gasteiger partial charge in [0.1, 0.15) is 17.6 Å². The molecule has 7 nitrogen and oxygen atoms in total. The molecule has 1 heterocycles. The topological polar surface area (TPSA) is 100 Å². The summed E-state index contributed by atoms with van der Waals surface area (Å²) in [5.74, 6) is -0.00921. The lowest BCUT2D eigenvalue weighted by molar-refractivity contribution is -0.133. The Morgan fingerprint density at radius 2 is 1.92 bits per heavy atom. The Balaban J connectivity index is 1.45. The minimum Gasteiger partial charge on any atom is -0.482 e. The van der Waals surface area contributed by atoms with Crippen molar-refractivity contribution in [2.24, 2.45) is 0 Å². The summed E-state index contributed by atoms with van der Waals surface area (Å²) in [6.07, 6.45) is -0.234. The van der Waals surface area contributed by atoms with Crippen LogP contribution in [0.2, 0.25) is 0 Å². The van der Waals surface area contributed by atoms with Gasteiger partial charge in [-0.2, -0.15) is 5.26 Å². The molecule has 2 N–H and O–H groups in total. The summed E-state index contributed by atoms with van der Waals surface area (Å²) in [6.45, 7) is -0.329. The van der Waals surface area contributed by atoms with Crippen molar-refractivity contribution < 1.29 is 19.1 Å². The second-order valence-electron chi connectivity index (χ2n) is 5.35. The maximum Gasteiger partial charge on any atom is 0.279 e. The molecule has 0 unspecified atom stereocenters. The van der Waals surface area contributed by atoms with Crippen LogP contribution in [0.1, 0.15) is 11.1 Å². The van der Waals surface area contributed by atoms with Crippen molar-refractivity contribution in [1.29, 1.82) is 5.26 Å². The van der Waals surface area contributed by atoms with Crippen LogP contribution in [0.15, 0.2) is 48.5 Å². The predicted octanol–water partition coefficient (Wildman–Crippen LogP) is 1.09. The fraction of sp³-hybridized carbons (Fsp3) is 0.167. The zero-order valence-electron chi connectivity index (χ0n) is 13.2. The standard InChI is InChI=1S/C18H15N3O4/c19-10-13-6-2-3-7-14(13)24-11-17(22)20-21-18(23)16-9-12-5-1-4-8-15(12)25-16/h1-8,16H,9,11H2,(H,20,22)(H,21,23)/t16-/m0/s1. The zero-order chi connectivity index (χ0) is 17.6. The Bertz CT molecular complexity index is 819. The van der Waals surface area contributed by atoms with Gasteiger partial charge in [0.2, 0.25) is 0 Å². The number of fused-ring (bicyclic) bond motifs is 1. The summed E-state index contributed by atoms with van der Waals surface area (Å²) in [5, 5.41) is 8.95. The van der Waals surface area contributed by atoms with Gasteiger partial charge in [0, 0.05) is 6.42 Å². The number of hydrogen-bond acceptors (Lipinski definition) is 5. The third-order valence-corrected chi connectivity index (χ3v) is 3.63. The quantitative estimate of drug-likeness (QED) is 0.814. The van der Waals surface area contributed by atoms with Gasteiger partial charge in [0.05, 0.1) is 5.56 Å². The van der Waals surface area contributed by atoms with E-state index in [2.05, 4.69) is 10.9 Å². The van der Waals surface area contributed by atoms with Crippen LogP contribution in [-0.4, -0.2) is 24.5 Å². The monoisotopic (exact) mass is 337 g/mol. The lowest BCUT2D eigenvalue weighted by Gasteiger charge is -2.12. The number of carbonyl (C=O) groups excluding carboxylic acids is 2. The fourth-order valence-electron chi connectivity index (χ4n) is 2.40. The summed E-state index contributed by atoms with van der Waals surface area (Å²) < 4.78 is 10.8. The Morgan fingerprint density at radius 3 is 2.72 bits per heavy atom. The van der Waals surface area contributed by atoms with Crippen LogP contribution in [-0.2, 0) is 16.0 Å². The molecule has 2 aromatic rings. The first-order chi connectivity index (χ1) is 12.2. The van der Waals surface area contributed by atoms with E-state index in [-0.39, 0.29) is 6.61 Å². The van der Waals surface area contributed by atoms with Crippen molar-refractivity contribution >= 4 is 11.8 Å². The van der Waals surface area contributed by atoms with E-state index < -0.39 is 17.9 Å². The molecular formula is C18H15N3O4. The number of carbonyl (C=O) groups is 2. The number of benzene rings is 2. The molecular weight excluding hydrogens is 322 g/mol. The van der Waals surface area contributed by atoms with E-state index in [0.717, 1.165) is 5.56 Å². The molecule has 126 valence electrons. The number of ether oxygens (including phenoxy) is 2. The van der Waals surface area contributed by atoms with Crippen LogP contribution in [0.5, 0.6) is 11.5 Å². The summed E-state index contributed by atoms with van der Waals surface area (Å²) in [7, 11) is 0. The molecule has 0 bridgehead atoms. The number of hydrogen-bond donors (Lipinski definition) is 2. The highest BCUT2D eigenvalue weighted by Gasteiger charge is 2.28. The summed E-state index contributed by atoms with van der Waals surface area (Å²) in [5.41, 5.74) is 5.86. The van der Waals surface area contributed by atoms with Gasteiger partial charge in [-0.1, -0.05) is 30.3 Å². The molecule has 2 aromatic carbocycles. The third-order valence-electron chi connectivity index (χ3n) is 3.63. The summed E-state index contributed by atoms with van der Waals surface area (Å²) >= 11 is 0. The van der Waals surface area contributed by atoms with Crippen LogP contribution in [0.3, 0.4) is 0 Å². The van der Waals surface area contributed by atoms with Crippen LogP contribution >= 0.6 is 0 Å². The Morgan fingerprint density at radius 1 is 1.16 bits per heavy atom. The van der Waals surface area contributed by atoms with Gasteiger partial charge >= 0.3 is 0 Å². The molecule has 0 radical (unpaired) electrons. The molecule has 0 aromatic heterocycles. The van der Waals surface area contributed by atoms with Gasteiger partial charge in [0.15, 0.2) is 12.7 Å². The van der Waals surface area contributed by atoms with E-state index >= 15 is 0 Å². The lowest BCUT2D eigenvalue weighted by atomic mass is 10.1. The van der Waals surface area contributed by atoms with E-state index in [9.17, 15) is 9.59 Å². The largest absolute Gasteiger partial charge is 0.482 e. The molecule has 1 aliphatic heterocycles. The van der Waals surface area contributed by atoms with Gasteiger partial charge in [0.25, 0.3) is 11.8 Å². The molecule has 1 atom stereocenters. The average Bonchev–Trinajstić information content (AvgIpc) is 3.09. The van der Waals surface area contributed by atoms with Gasteiger partial charge < -0.3 is 9.47 Å². The Kier molecular flexibility index (Phi) is 4.81. The van der Waals surface area contributed by atoms with Gasteiger partial charge in [-0.05, 0) is 23.8 Å². The average molecular weight is 337 g/mol. The molecule has 2 amide bonds. The number of rotatable bonds is 4. The molecule has 0 saturated carbocycles. The number of nitriles is 1. The third kappa shape index (κ3) is 3.87. The molecule has 0 fully saturated rings. The number of nitrogens with one attached hydrogen (secondary N) is 2. The Labute approximate surface area is 144 Å². The van der Waals surface area contributed by atoms with Crippen LogP contribution in [0, 0.1) is 11.3 Å². The van der Waals surface area contributed by atoms with Gasteiger partial charge in [-0.15, -0.1) is 0 Å². The summed E-state index contributed by atoms with van der Waals surface area (Å²) in [6, 6.07) is 15.9. The minimum atomic E-state index is -0.682. The highest BCUT2D eigenvalue weighted by atomic mass is 16.5. The normalized spacial score (nSPS) is 14.6. The van der Waals surface area contributed by atoms with E-state index in [1.165, 1.54) is 0 Å². The number of nitrogens with zero attached hydrogens (tertiary/aromatic N) is 1. The smallest absolute Gasteiger partial charge is 0.279 e. The van der Waals surface area contributed by atoms with Crippen LogP contribution < -0.4 is 20.3 Å². The molecule has 3 rings (SSSR count). The lowest BCUT2D eigenvalue weighted by Crippen LogP contribution is -2.49. The maximum absolute atomic E-state index is 12.1. The van der Waals surface area contributed by atoms with Gasteiger partial charge in [-0.25, -0.2) is 0 Å². The molecule has 7 heteroatoms. The van der Waals surface area contributed by atoms with Crippen LogP contribution in [0.25, 0.3) is 0 Å². The van der Waals surface area contributed by atoms with Crippen molar-refractivity contribution in [3.8, 4) is 17.6 Å². The van der Waals surface area contributed by atoms with Crippen molar-refractivity contribution in [3.63, 3.8) is 0 Å². The van der Waals surface area contributed by atoms with E-state index in [1.807, 2.05) is 24.3 Å². The van der Waals surface area contributed by atoms with E-state index in [4.69, 9.17) is 14.7 Å². The SMILES string of the molecule is N#Cc1ccccc1OCC(=O)NNC(=O)[C@@H]1Cc2ccccc2O1. The predicted molar refractivity (Wildman–Crippen MR) is 87.5 cm³/mol. The zero-order valence-corrected chi connectivity index (χ0v) is 13.2. The molecule has 1 aliphatic rings. The number of para-hydroxylation sites is 2. The van der Waals surface area contributed by atoms with E-state index in [0.29, 0.717) is 23.5 Å². The highest BCUT2D eigenvalue weighted by Crippen LogP contribution is 2.27. The maximum atomic E-state index is 12.1. The fourth-order valence-corrected chi connectivity index (χ4v) is 2.40. The van der Waals surface area contributed by atoms with Crippen LogP contribution in [0.4, 0.5) is 0 Å². The molecule has 0 saturated heterocycles. The van der Waals surface area contributed by atoms with E-state index in [1.54, 1.807) is 30.3 Å². The molecule has 25 heavy (non-hydrogen) atoms. The first kappa shape index (κ1) is 16.3. The van der Waals surface area contributed by atoms with Crippen molar-refractivity contribution in [1.82, 2.24) is 10.9 Å². The second kappa shape index (κ2) is 7.36. The van der Waals surface area contributed by atoms with Crippen molar-refractivity contribution in [3.05, 3.63) is 59.7 Å². The highest BCUT2D eigenvalue weighted by molar-refractivity contribution is 5.86. The second-order valence-corrected chi connectivity index (χ2v) is 5.35. The number of hydrazine groups is 1. The van der Waals surface area contributed by atoms with Gasteiger partial charge in [-0.3, -0.25) is 20.4 Å². The Hall–Kier alpha value is -3.53.